The summed E-state index contributed by atoms with van der Waals surface area (Å²) >= 11 is 0. The number of alkyl halides is 3. The lowest BCUT2D eigenvalue weighted by atomic mass is 10.0. The van der Waals surface area contributed by atoms with E-state index in [1.807, 2.05) is 30.3 Å². The van der Waals surface area contributed by atoms with Gasteiger partial charge in [-0.3, -0.25) is 4.79 Å². The maximum absolute atomic E-state index is 13.7. The van der Waals surface area contributed by atoms with Crippen LogP contribution in [0.5, 0.6) is 5.75 Å². The molecule has 10 heteroatoms. The summed E-state index contributed by atoms with van der Waals surface area (Å²) < 4.78 is 51.2. The van der Waals surface area contributed by atoms with E-state index in [1.54, 1.807) is 17.9 Å². The van der Waals surface area contributed by atoms with Crippen molar-refractivity contribution in [1.82, 2.24) is 14.9 Å². The van der Waals surface area contributed by atoms with Gasteiger partial charge in [-0.05, 0) is 49.6 Å². The van der Waals surface area contributed by atoms with Gasteiger partial charge in [0.25, 0.3) is 5.91 Å². The highest BCUT2D eigenvalue weighted by Crippen LogP contribution is 2.39. The molecule has 3 heterocycles. The molecule has 1 aliphatic rings. The van der Waals surface area contributed by atoms with Gasteiger partial charge in [0.15, 0.2) is 11.5 Å². The Balaban J connectivity index is 1.59. The van der Waals surface area contributed by atoms with Crippen LogP contribution in [-0.4, -0.2) is 34.4 Å². The molecule has 1 unspecified atom stereocenters. The highest BCUT2D eigenvalue weighted by molar-refractivity contribution is 5.98. The van der Waals surface area contributed by atoms with Crippen molar-refractivity contribution in [3.63, 3.8) is 0 Å². The molecule has 37 heavy (non-hydrogen) atoms. The zero-order chi connectivity index (χ0) is 26.3. The summed E-state index contributed by atoms with van der Waals surface area (Å²) in [5.74, 6) is 0.148. The van der Waals surface area contributed by atoms with Gasteiger partial charge in [-0.15, -0.1) is 0 Å². The number of nitrogens with two attached hydrogens (primary N) is 1. The molecule has 1 amide bonds. The van der Waals surface area contributed by atoms with Crippen LogP contribution < -0.4 is 10.5 Å². The van der Waals surface area contributed by atoms with Crippen LogP contribution in [0.2, 0.25) is 0 Å². The van der Waals surface area contributed by atoms with Crippen LogP contribution in [0.3, 0.4) is 0 Å². The molecule has 2 N–H and O–H groups in total. The van der Waals surface area contributed by atoms with E-state index in [1.165, 1.54) is 19.2 Å². The topological polar surface area (TPSA) is 94.5 Å². The zero-order valence-electron chi connectivity index (χ0n) is 20.2. The number of benzene rings is 2. The number of nitrogens with zero attached hydrogens (tertiary/aromatic N) is 3. The van der Waals surface area contributed by atoms with Gasteiger partial charge in [-0.1, -0.05) is 30.3 Å². The lowest BCUT2D eigenvalue weighted by Crippen LogP contribution is -2.32. The fourth-order valence-electron chi connectivity index (χ4n) is 4.78. The van der Waals surface area contributed by atoms with Crippen LogP contribution in [0.1, 0.15) is 59.4 Å². The maximum atomic E-state index is 13.7. The van der Waals surface area contributed by atoms with E-state index < -0.39 is 17.9 Å². The molecule has 2 aromatic carbocycles. The summed E-state index contributed by atoms with van der Waals surface area (Å²) in [6.07, 6.45) is -2.95. The predicted octanol–water partition coefficient (Wildman–Crippen LogP) is 5.91. The molecule has 0 radical (unpaired) electrons. The van der Waals surface area contributed by atoms with Crippen LogP contribution >= 0.6 is 0 Å². The molecule has 1 fully saturated rings. The summed E-state index contributed by atoms with van der Waals surface area (Å²) in [6, 6.07) is 14.3. The van der Waals surface area contributed by atoms with E-state index in [-0.39, 0.29) is 40.6 Å². The van der Waals surface area contributed by atoms with Crippen LogP contribution in [0.25, 0.3) is 22.4 Å². The monoisotopic (exact) mass is 510 g/mol. The van der Waals surface area contributed by atoms with Crippen molar-refractivity contribution < 1.29 is 27.1 Å². The van der Waals surface area contributed by atoms with Crippen LogP contribution in [0.4, 0.5) is 13.2 Å². The third kappa shape index (κ3) is 4.53. The van der Waals surface area contributed by atoms with Crippen molar-refractivity contribution in [1.29, 1.82) is 0 Å². The number of aromatic nitrogens is 2. The van der Waals surface area contributed by atoms with Crippen molar-refractivity contribution in [2.75, 3.05) is 13.7 Å². The first-order valence-electron chi connectivity index (χ1n) is 11.9. The number of fused-ring (bicyclic) bond motifs is 1. The number of oxazole rings is 1. The largest absolute Gasteiger partial charge is 0.494 e. The number of halogens is 3. The fraction of sp³-hybridized carbons (Fsp3) is 0.296. The van der Waals surface area contributed by atoms with Gasteiger partial charge in [-0.2, -0.15) is 13.2 Å². The normalized spacial score (nSPS) is 16.8. The van der Waals surface area contributed by atoms with Gasteiger partial charge < -0.3 is 19.8 Å². The Hall–Kier alpha value is -3.92. The summed E-state index contributed by atoms with van der Waals surface area (Å²) in [5.41, 5.74) is 6.62. The predicted molar refractivity (Wildman–Crippen MR) is 131 cm³/mol. The molecular formula is C27H25F3N4O3. The number of hydrogen-bond acceptors (Lipinski definition) is 6. The highest BCUT2D eigenvalue weighted by Gasteiger charge is 2.36. The Morgan fingerprint density at radius 3 is 2.57 bits per heavy atom. The van der Waals surface area contributed by atoms with E-state index >= 15 is 0 Å². The van der Waals surface area contributed by atoms with Gasteiger partial charge in [0, 0.05) is 17.5 Å². The molecule has 7 nitrogen and oxygen atoms in total. The summed E-state index contributed by atoms with van der Waals surface area (Å²) in [6.45, 7) is 2.25. The van der Waals surface area contributed by atoms with Gasteiger partial charge in [0.1, 0.15) is 17.0 Å². The van der Waals surface area contributed by atoms with E-state index in [4.69, 9.17) is 14.9 Å². The third-order valence-corrected chi connectivity index (χ3v) is 6.53. The molecule has 0 spiro atoms. The van der Waals surface area contributed by atoms with Crippen molar-refractivity contribution in [3.05, 3.63) is 77.3 Å². The molecular weight excluding hydrogens is 485 g/mol. The summed E-state index contributed by atoms with van der Waals surface area (Å²) in [7, 11) is 1.35. The number of carbonyl (C=O) groups excluding carboxylic acids is 1. The average Bonchev–Trinajstić information content (AvgIpc) is 3.55. The van der Waals surface area contributed by atoms with Crippen LogP contribution in [0.15, 0.2) is 59.0 Å². The molecule has 1 saturated heterocycles. The Labute approximate surface area is 211 Å². The summed E-state index contributed by atoms with van der Waals surface area (Å²) in [4.78, 5) is 23.8. The second kappa shape index (κ2) is 9.51. The first-order chi connectivity index (χ1) is 17.7. The number of likely N-dealkylation sites (tertiary alicyclic amines) is 1. The second-order valence-corrected chi connectivity index (χ2v) is 8.99. The minimum Gasteiger partial charge on any atom is -0.494 e. The lowest BCUT2D eigenvalue weighted by molar-refractivity contribution is -0.140. The molecule has 5 rings (SSSR count). The molecule has 192 valence electrons. The number of hydrogen-bond donors (Lipinski definition) is 1. The number of ether oxygens (including phenoxy) is 1. The number of amides is 1. The SMILES string of the molecule is COc1ccc(-c2nc(C(=O)N3CCCC3c3ccccc3)c([C@H](C)N)o2)c2ccc(C(F)(F)F)nc12. The standard InChI is InChI=1S/C27H25F3N4O3/c1-15(31)24-23(26(35)34-14-6-9-19(34)16-7-4-3-5-8-16)33-25(37-24)18-10-12-20(36-2)22-17(18)11-13-21(32-22)27(28,29)30/h3-5,7-8,10-13,15,19H,6,9,14,31H2,1-2H3/t15-,19?/m0/s1. The minimum absolute atomic E-state index is 0.00642. The van der Waals surface area contributed by atoms with Gasteiger partial charge >= 0.3 is 6.18 Å². The summed E-state index contributed by atoms with van der Waals surface area (Å²) in [5, 5.41) is 0.340. The second-order valence-electron chi connectivity index (χ2n) is 8.99. The van der Waals surface area contributed by atoms with E-state index in [9.17, 15) is 18.0 Å². The lowest BCUT2D eigenvalue weighted by Gasteiger charge is -2.24. The van der Waals surface area contributed by atoms with Gasteiger partial charge in [-0.25, -0.2) is 9.97 Å². The van der Waals surface area contributed by atoms with Crippen molar-refractivity contribution in [3.8, 4) is 17.2 Å². The first-order valence-corrected chi connectivity index (χ1v) is 11.9. The van der Waals surface area contributed by atoms with E-state index in [0.29, 0.717) is 17.5 Å². The Morgan fingerprint density at radius 1 is 1.14 bits per heavy atom. The zero-order valence-corrected chi connectivity index (χ0v) is 20.2. The Bertz CT molecular complexity index is 1450. The van der Waals surface area contributed by atoms with Crippen LogP contribution in [-0.2, 0) is 6.18 Å². The molecule has 0 bridgehead atoms. The smallest absolute Gasteiger partial charge is 0.433 e. The Morgan fingerprint density at radius 2 is 1.89 bits per heavy atom. The molecule has 2 aromatic heterocycles. The molecule has 0 aliphatic carbocycles. The molecule has 4 aromatic rings. The van der Waals surface area contributed by atoms with Crippen LogP contribution in [0, 0.1) is 0 Å². The fourth-order valence-corrected chi connectivity index (χ4v) is 4.78. The van der Waals surface area contributed by atoms with Crippen molar-refractivity contribution in [2.24, 2.45) is 5.73 Å². The molecule has 1 aliphatic heterocycles. The number of rotatable bonds is 5. The van der Waals surface area contributed by atoms with Crippen molar-refractivity contribution >= 4 is 16.8 Å². The van der Waals surface area contributed by atoms with Gasteiger partial charge in [0.05, 0.1) is 19.2 Å². The first kappa shape index (κ1) is 24.8. The quantitative estimate of drug-likeness (QED) is 0.359. The number of pyridine rings is 1. The highest BCUT2D eigenvalue weighted by atomic mass is 19.4. The van der Waals surface area contributed by atoms with Crippen molar-refractivity contribution in [2.45, 2.75) is 38.0 Å². The van der Waals surface area contributed by atoms with E-state index in [0.717, 1.165) is 24.5 Å². The maximum Gasteiger partial charge on any atom is 0.433 e. The van der Waals surface area contributed by atoms with E-state index in [2.05, 4.69) is 9.97 Å². The third-order valence-electron chi connectivity index (χ3n) is 6.53. The van der Waals surface area contributed by atoms with Gasteiger partial charge in [0.2, 0.25) is 5.89 Å². The molecule has 0 saturated carbocycles. The average molecular weight is 511 g/mol. The number of methoxy groups -OCH3 is 1. The number of carbonyl (C=O) groups is 1. The molecule has 2 atom stereocenters. The Kier molecular flexibility index (Phi) is 6.36. The minimum atomic E-state index is -4.62.